The topological polar surface area (TPSA) is 76.1 Å². The number of carboxylic acid groups (broad SMARTS) is 1. The Labute approximate surface area is 99.8 Å². The molecule has 0 aromatic rings. The maximum absolute atomic E-state index is 11.6. The van der Waals surface area contributed by atoms with Crippen molar-refractivity contribution in [2.24, 2.45) is 5.92 Å². The summed E-state index contributed by atoms with van der Waals surface area (Å²) < 4.78 is 9.82. The van der Waals surface area contributed by atoms with E-state index in [2.05, 4.69) is 6.58 Å². The van der Waals surface area contributed by atoms with E-state index in [1.165, 1.54) is 11.0 Å². The van der Waals surface area contributed by atoms with Gasteiger partial charge >= 0.3 is 12.1 Å². The average molecular weight is 243 g/mol. The zero-order valence-electron chi connectivity index (χ0n) is 9.80. The Morgan fingerprint density at radius 1 is 1.59 bits per heavy atom. The molecule has 1 rings (SSSR count). The lowest BCUT2D eigenvalue weighted by Crippen LogP contribution is -2.40. The minimum absolute atomic E-state index is 0.0392. The number of carbonyl (C=O) groups excluding carboxylic acids is 1. The number of hydrogen-bond acceptors (Lipinski definition) is 4. The fourth-order valence-electron chi connectivity index (χ4n) is 1.93. The van der Waals surface area contributed by atoms with Crippen LogP contribution in [0, 0.1) is 5.92 Å². The largest absolute Gasteiger partial charge is 0.480 e. The van der Waals surface area contributed by atoms with E-state index in [9.17, 15) is 9.59 Å². The van der Waals surface area contributed by atoms with Gasteiger partial charge in [0.15, 0.2) is 0 Å². The van der Waals surface area contributed by atoms with E-state index in [-0.39, 0.29) is 12.5 Å². The lowest BCUT2D eigenvalue weighted by Gasteiger charge is -2.20. The van der Waals surface area contributed by atoms with E-state index < -0.39 is 18.1 Å². The smallest absolute Gasteiger partial charge is 0.410 e. The highest BCUT2D eigenvalue weighted by Crippen LogP contribution is 2.24. The number of amides is 1. The summed E-state index contributed by atoms with van der Waals surface area (Å²) in [5, 5.41) is 9.03. The molecule has 1 N–H and O–H groups in total. The second-order valence-electron chi connectivity index (χ2n) is 3.93. The Morgan fingerprint density at radius 2 is 2.29 bits per heavy atom. The SMILES string of the molecule is C=CCOC(=O)N1C[C@@H](COC)C[C@H]1C(=O)O. The number of likely N-dealkylation sites (tertiary alicyclic amines) is 1. The first-order valence-electron chi connectivity index (χ1n) is 5.36. The van der Waals surface area contributed by atoms with Crippen molar-refractivity contribution in [3.8, 4) is 0 Å². The number of hydrogen-bond donors (Lipinski definition) is 1. The van der Waals surface area contributed by atoms with E-state index in [1.807, 2.05) is 0 Å². The number of methoxy groups -OCH3 is 1. The van der Waals surface area contributed by atoms with Gasteiger partial charge in [0.1, 0.15) is 12.6 Å². The van der Waals surface area contributed by atoms with Crippen LogP contribution in [0.5, 0.6) is 0 Å². The molecule has 6 heteroatoms. The van der Waals surface area contributed by atoms with Crippen LogP contribution in [-0.4, -0.2) is 55.0 Å². The predicted molar refractivity (Wildman–Crippen MR) is 59.7 cm³/mol. The molecule has 6 nitrogen and oxygen atoms in total. The minimum Gasteiger partial charge on any atom is -0.480 e. The van der Waals surface area contributed by atoms with Gasteiger partial charge in [-0.05, 0) is 6.42 Å². The fraction of sp³-hybridized carbons (Fsp3) is 0.636. The molecule has 0 aromatic heterocycles. The zero-order valence-corrected chi connectivity index (χ0v) is 9.80. The van der Waals surface area contributed by atoms with Gasteiger partial charge in [0.25, 0.3) is 0 Å². The van der Waals surface area contributed by atoms with Crippen molar-refractivity contribution in [1.82, 2.24) is 4.90 Å². The highest BCUT2D eigenvalue weighted by molar-refractivity contribution is 5.80. The van der Waals surface area contributed by atoms with Gasteiger partial charge in [0.05, 0.1) is 6.61 Å². The van der Waals surface area contributed by atoms with Crippen molar-refractivity contribution in [2.45, 2.75) is 12.5 Å². The number of carboxylic acids is 1. The maximum atomic E-state index is 11.6. The normalized spacial score (nSPS) is 23.5. The lowest BCUT2D eigenvalue weighted by molar-refractivity contribution is -0.141. The van der Waals surface area contributed by atoms with Crippen molar-refractivity contribution in [3.63, 3.8) is 0 Å². The van der Waals surface area contributed by atoms with Gasteiger partial charge < -0.3 is 14.6 Å². The van der Waals surface area contributed by atoms with E-state index in [0.717, 1.165) is 0 Å². The first-order valence-corrected chi connectivity index (χ1v) is 5.36. The molecule has 96 valence electrons. The molecule has 1 aliphatic rings. The molecule has 0 saturated carbocycles. The minimum atomic E-state index is -1.01. The Morgan fingerprint density at radius 3 is 2.82 bits per heavy atom. The van der Waals surface area contributed by atoms with E-state index in [4.69, 9.17) is 14.6 Å². The summed E-state index contributed by atoms with van der Waals surface area (Å²) >= 11 is 0. The van der Waals surface area contributed by atoms with Gasteiger partial charge in [-0.25, -0.2) is 9.59 Å². The van der Waals surface area contributed by atoms with Gasteiger partial charge in [-0.1, -0.05) is 12.7 Å². The molecular weight excluding hydrogens is 226 g/mol. The van der Waals surface area contributed by atoms with Crippen LogP contribution >= 0.6 is 0 Å². The van der Waals surface area contributed by atoms with Gasteiger partial charge in [-0.2, -0.15) is 0 Å². The molecule has 2 atom stereocenters. The van der Waals surface area contributed by atoms with Crippen molar-refractivity contribution in [1.29, 1.82) is 0 Å². The van der Waals surface area contributed by atoms with Crippen LogP contribution in [0.3, 0.4) is 0 Å². The summed E-state index contributed by atoms with van der Waals surface area (Å²) in [5.41, 5.74) is 0. The summed E-state index contributed by atoms with van der Waals surface area (Å²) in [6.45, 7) is 4.29. The van der Waals surface area contributed by atoms with Crippen LogP contribution in [0.1, 0.15) is 6.42 Å². The molecule has 0 bridgehead atoms. The van der Waals surface area contributed by atoms with E-state index in [1.54, 1.807) is 7.11 Å². The van der Waals surface area contributed by atoms with Gasteiger partial charge in [0, 0.05) is 19.6 Å². The highest BCUT2D eigenvalue weighted by Gasteiger charge is 2.40. The molecule has 1 amide bonds. The van der Waals surface area contributed by atoms with Gasteiger partial charge in [-0.15, -0.1) is 0 Å². The monoisotopic (exact) mass is 243 g/mol. The third-order valence-electron chi connectivity index (χ3n) is 2.63. The standard InChI is InChI=1S/C11H17NO5/c1-3-4-17-11(15)12-6-8(7-16-2)5-9(12)10(13)14/h3,8-9H,1,4-7H2,2H3,(H,13,14)/t8-,9-/m0/s1. The predicted octanol–water partition coefficient (Wildman–Crippen LogP) is 0.731. The quantitative estimate of drug-likeness (QED) is 0.720. The van der Waals surface area contributed by atoms with Crippen LogP contribution in [-0.2, 0) is 14.3 Å². The number of rotatable bonds is 5. The number of carbonyl (C=O) groups is 2. The first kappa shape index (κ1) is 13.5. The Kier molecular flexibility index (Phi) is 4.96. The second-order valence-corrected chi connectivity index (χ2v) is 3.93. The highest BCUT2D eigenvalue weighted by atomic mass is 16.6. The van der Waals surface area contributed by atoms with Crippen LogP contribution in [0.25, 0.3) is 0 Å². The summed E-state index contributed by atoms with van der Waals surface area (Å²) in [4.78, 5) is 23.9. The zero-order chi connectivity index (χ0) is 12.8. The summed E-state index contributed by atoms with van der Waals surface area (Å²) in [6, 6.07) is -0.826. The molecule has 1 fully saturated rings. The number of ether oxygens (including phenoxy) is 2. The van der Waals surface area contributed by atoms with E-state index >= 15 is 0 Å². The molecule has 0 aliphatic carbocycles. The molecule has 1 saturated heterocycles. The lowest BCUT2D eigenvalue weighted by atomic mass is 10.1. The van der Waals surface area contributed by atoms with Crippen LogP contribution < -0.4 is 0 Å². The van der Waals surface area contributed by atoms with Crippen molar-refractivity contribution >= 4 is 12.1 Å². The van der Waals surface area contributed by atoms with Crippen molar-refractivity contribution < 1.29 is 24.2 Å². The molecule has 0 spiro atoms. The van der Waals surface area contributed by atoms with Crippen LogP contribution in [0.4, 0.5) is 4.79 Å². The third-order valence-corrected chi connectivity index (χ3v) is 2.63. The second kappa shape index (κ2) is 6.24. The Bertz CT molecular complexity index is 304. The maximum Gasteiger partial charge on any atom is 0.410 e. The van der Waals surface area contributed by atoms with Gasteiger partial charge in [-0.3, -0.25) is 4.90 Å². The molecule has 0 radical (unpaired) electrons. The Balaban J connectivity index is 2.63. The summed E-state index contributed by atoms with van der Waals surface area (Å²) in [7, 11) is 1.55. The molecule has 1 aliphatic heterocycles. The van der Waals surface area contributed by atoms with Crippen molar-refractivity contribution in [3.05, 3.63) is 12.7 Å². The molecule has 0 aromatic carbocycles. The first-order chi connectivity index (χ1) is 8.10. The molecule has 1 heterocycles. The van der Waals surface area contributed by atoms with Crippen LogP contribution in [0.2, 0.25) is 0 Å². The van der Waals surface area contributed by atoms with E-state index in [0.29, 0.717) is 19.6 Å². The fourth-order valence-corrected chi connectivity index (χ4v) is 1.93. The number of aliphatic carboxylic acids is 1. The van der Waals surface area contributed by atoms with Crippen molar-refractivity contribution in [2.75, 3.05) is 26.9 Å². The third kappa shape index (κ3) is 3.45. The average Bonchev–Trinajstić information content (AvgIpc) is 2.70. The van der Waals surface area contributed by atoms with Gasteiger partial charge in [0.2, 0.25) is 0 Å². The van der Waals surface area contributed by atoms with Crippen LogP contribution in [0.15, 0.2) is 12.7 Å². The Hall–Kier alpha value is -1.56. The molecule has 0 unspecified atom stereocenters. The number of nitrogens with zero attached hydrogens (tertiary/aromatic N) is 1. The summed E-state index contributed by atoms with van der Waals surface area (Å²) in [5.74, 6) is -0.975. The molecule has 17 heavy (non-hydrogen) atoms. The molecular formula is C11H17NO5. The summed E-state index contributed by atoms with van der Waals surface area (Å²) in [6.07, 6.45) is 1.22.